The van der Waals surface area contributed by atoms with Crippen molar-refractivity contribution in [3.63, 3.8) is 0 Å². The molecule has 0 atom stereocenters. The molecule has 0 amide bonds. The summed E-state index contributed by atoms with van der Waals surface area (Å²) in [6, 6.07) is 4.06. The molecule has 1 rings (SSSR count). The summed E-state index contributed by atoms with van der Waals surface area (Å²) in [5, 5.41) is 8.61. The van der Waals surface area contributed by atoms with Crippen molar-refractivity contribution < 1.29 is 14.2 Å². The highest BCUT2D eigenvalue weighted by atomic mass is 19.1. The van der Waals surface area contributed by atoms with Gasteiger partial charge in [-0.05, 0) is 24.6 Å². The fraction of sp³-hybridized carbons (Fsp3) is 0.222. The molecule has 1 aromatic carbocycles. The molecule has 2 nitrogen and oxygen atoms in total. The van der Waals surface area contributed by atoms with Crippen LogP contribution in [-0.4, -0.2) is 11.7 Å². The van der Waals surface area contributed by atoms with E-state index in [0.29, 0.717) is 17.9 Å². The Morgan fingerprint density at radius 1 is 1.50 bits per heavy atom. The highest BCUT2D eigenvalue weighted by Crippen LogP contribution is 2.16. The third kappa shape index (κ3) is 2.20. The van der Waals surface area contributed by atoms with Crippen molar-refractivity contribution in [2.45, 2.75) is 6.92 Å². The first-order valence-electron chi connectivity index (χ1n) is 3.67. The van der Waals surface area contributed by atoms with Gasteiger partial charge < -0.3 is 9.84 Å². The normalized spacial score (nSPS) is 9.92. The molecule has 0 aromatic heterocycles. The van der Waals surface area contributed by atoms with Crippen LogP contribution in [-0.2, 0) is 0 Å². The third-order valence-corrected chi connectivity index (χ3v) is 1.35. The van der Waals surface area contributed by atoms with Gasteiger partial charge in [-0.3, -0.25) is 0 Å². The van der Waals surface area contributed by atoms with E-state index < -0.39 is 5.82 Å². The lowest BCUT2D eigenvalue weighted by molar-refractivity contribution is 0.337. The fourth-order valence-electron chi connectivity index (χ4n) is 0.909. The van der Waals surface area contributed by atoms with Gasteiger partial charge in [-0.15, -0.1) is 0 Å². The number of aliphatic hydroxyl groups is 1. The minimum atomic E-state index is -0.416. The van der Waals surface area contributed by atoms with E-state index in [-0.39, 0.29) is 0 Å². The highest BCUT2D eigenvalue weighted by molar-refractivity contribution is 5.32. The van der Waals surface area contributed by atoms with Crippen molar-refractivity contribution in [1.29, 1.82) is 0 Å². The number of benzene rings is 1. The predicted molar refractivity (Wildman–Crippen MR) is 42.9 cm³/mol. The molecule has 1 radical (unpaired) electrons. The van der Waals surface area contributed by atoms with Crippen LogP contribution in [0.3, 0.4) is 0 Å². The molecule has 12 heavy (non-hydrogen) atoms. The number of aliphatic hydroxyl groups excluding tert-OH is 1. The van der Waals surface area contributed by atoms with Gasteiger partial charge in [0, 0.05) is 6.07 Å². The van der Waals surface area contributed by atoms with Crippen LogP contribution in [0.15, 0.2) is 18.2 Å². The van der Waals surface area contributed by atoms with Crippen LogP contribution in [0.2, 0.25) is 0 Å². The Hall–Kier alpha value is -1.09. The standard InChI is InChI=1S/C9H10FO2/c1-2-12-9-4-7(6-11)3-8(10)5-9/h3-6,11H,2H2,1H3. The van der Waals surface area contributed by atoms with E-state index in [1.165, 1.54) is 12.1 Å². The zero-order valence-electron chi connectivity index (χ0n) is 6.75. The molecule has 0 aliphatic heterocycles. The Bertz CT molecular complexity index is 261. The SMILES string of the molecule is CCOc1cc(F)cc([CH]O)c1. The molecule has 1 N–H and O–H groups in total. The Labute approximate surface area is 70.6 Å². The molecule has 0 saturated heterocycles. The molecule has 0 fully saturated rings. The van der Waals surface area contributed by atoms with E-state index in [9.17, 15) is 4.39 Å². The molecule has 0 saturated carbocycles. The van der Waals surface area contributed by atoms with E-state index >= 15 is 0 Å². The fourth-order valence-corrected chi connectivity index (χ4v) is 0.909. The second-order valence-corrected chi connectivity index (χ2v) is 2.28. The molecule has 1 aromatic rings. The molecule has 3 heteroatoms. The van der Waals surface area contributed by atoms with Gasteiger partial charge in [0.25, 0.3) is 0 Å². The van der Waals surface area contributed by atoms with Crippen LogP contribution in [0.25, 0.3) is 0 Å². The minimum absolute atomic E-state index is 0.401. The summed E-state index contributed by atoms with van der Waals surface area (Å²) in [4.78, 5) is 0. The molecule has 0 unspecified atom stereocenters. The number of ether oxygens (including phenoxy) is 1. The molecule has 0 bridgehead atoms. The minimum Gasteiger partial charge on any atom is -0.494 e. The van der Waals surface area contributed by atoms with E-state index in [1.54, 1.807) is 6.07 Å². The number of rotatable bonds is 3. The summed E-state index contributed by atoms with van der Waals surface area (Å²) in [7, 11) is 0. The van der Waals surface area contributed by atoms with Crippen LogP contribution in [0.1, 0.15) is 12.5 Å². The quantitative estimate of drug-likeness (QED) is 0.750. The van der Waals surface area contributed by atoms with E-state index in [2.05, 4.69) is 0 Å². The van der Waals surface area contributed by atoms with Gasteiger partial charge in [0.2, 0.25) is 0 Å². The van der Waals surface area contributed by atoms with Crippen LogP contribution in [0, 0.1) is 12.4 Å². The number of hydrogen-bond donors (Lipinski definition) is 1. The van der Waals surface area contributed by atoms with Gasteiger partial charge in [0.05, 0.1) is 6.61 Å². The Morgan fingerprint density at radius 3 is 2.83 bits per heavy atom. The number of hydrogen-bond acceptors (Lipinski definition) is 2. The van der Waals surface area contributed by atoms with Crippen molar-refractivity contribution >= 4 is 0 Å². The second-order valence-electron chi connectivity index (χ2n) is 2.28. The molecule has 0 aliphatic carbocycles. The summed E-state index contributed by atoms with van der Waals surface area (Å²) in [5.74, 6) is 0.0130. The Morgan fingerprint density at radius 2 is 2.25 bits per heavy atom. The van der Waals surface area contributed by atoms with E-state index in [4.69, 9.17) is 9.84 Å². The summed E-state index contributed by atoms with van der Waals surface area (Å²) in [6.45, 7) is 3.13. The maximum atomic E-state index is 12.7. The Kier molecular flexibility index (Phi) is 3.05. The van der Waals surface area contributed by atoms with Crippen molar-refractivity contribution in [2.75, 3.05) is 6.61 Å². The number of halogens is 1. The summed E-state index contributed by atoms with van der Waals surface area (Å²) >= 11 is 0. The Balaban J connectivity index is 2.90. The monoisotopic (exact) mass is 169 g/mol. The van der Waals surface area contributed by atoms with Gasteiger partial charge >= 0.3 is 0 Å². The predicted octanol–water partition coefficient (Wildman–Crippen LogP) is 2.11. The third-order valence-electron chi connectivity index (χ3n) is 1.35. The average Bonchev–Trinajstić information content (AvgIpc) is 2.04. The molecule has 65 valence electrons. The average molecular weight is 169 g/mol. The van der Waals surface area contributed by atoms with E-state index in [0.717, 1.165) is 6.61 Å². The van der Waals surface area contributed by atoms with Crippen LogP contribution in [0.5, 0.6) is 5.75 Å². The first-order chi connectivity index (χ1) is 5.76. The molecule has 0 heterocycles. The van der Waals surface area contributed by atoms with Gasteiger partial charge in [0.15, 0.2) is 0 Å². The second kappa shape index (κ2) is 4.07. The summed E-state index contributed by atoms with van der Waals surface area (Å²) in [6.07, 6.45) is 0. The molecule has 0 spiro atoms. The van der Waals surface area contributed by atoms with Gasteiger partial charge in [-0.2, -0.15) is 0 Å². The highest BCUT2D eigenvalue weighted by Gasteiger charge is 1.99. The van der Waals surface area contributed by atoms with Crippen LogP contribution < -0.4 is 4.74 Å². The first-order valence-corrected chi connectivity index (χ1v) is 3.67. The zero-order valence-corrected chi connectivity index (χ0v) is 6.75. The zero-order chi connectivity index (χ0) is 8.97. The van der Waals surface area contributed by atoms with Crippen molar-refractivity contribution in [2.24, 2.45) is 0 Å². The lowest BCUT2D eigenvalue weighted by Gasteiger charge is -2.04. The summed E-state index contributed by atoms with van der Waals surface area (Å²) < 4.78 is 17.8. The van der Waals surface area contributed by atoms with Crippen molar-refractivity contribution in [1.82, 2.24) is 0 Å². The van der Waals surface area contributed by atoms with Gasteiger partial charge in [-0.1, -0.05) is 0 Å². The molecule has 0 aliphatic rings. The maximum absolute atomic E-state index is 12.7. The lowest BCUT2D eigenvalue weighted by atomic mass is 10.2. The van der Waals surface area contributed by atoms with Crippen molar-refractivity contribution in [3.8, 4) is 5.75 Å². The molecular formula is C9H10FO2. The van der Waals surface area contributed by atoms with Crippen LogP contribution in [0.4, 0.5) is 4.39 Å². The smallest absolute Gasteiger partial charge is 0.127 e. The molecular weight excluding hydrogens is 159 g/mol. The van der Waals surface area contributed by atoms with Crippen LogP contribution >= 0.6 is 0 Å². The topological polar surface area (TPSA) is 29.5 Å². The lowest BCUT2D eigenvalue weighted by Crippen LogP contribution is -1.93. The van der Waals surface area contributed by atoms with Crippen molar-refractivity contribution in [3.05, 3.63) is 36.2 Å². The van der Waals surface area contributed by atoms with E-state index in [1.807, 2.05) is 6.92 Å². The summed E-state index contributed by atoms with van der Waals surface area (Å²) in [5.41, 5.74) is 0.401. The van der Waals surface area contributed by atoms with Gasteiger partial charge in [0.1, 0.15) is 18.2 Å². The first kappa shape index (κ1) is 9.00. The maximum Gasteiger partial charge on any atom is 0.127 e. The largest absolute Gasteiger partial charge is 0.494 e. The van der Waals surface area contributed by atoms with Gasteiger partial charge in [-0.25, -0.2) is 4.39 Å².